The van der Waals surface area contributed by atoms with Gasteiger partial charge in [-0.2, -0.15) is 5.01 Å². The number of fused-ring (bicyclic) bond motifs is 2. The lowest BCUT2D eigenvalue weighted by Gasteiger charge is -2.47. The molecule has 14 nitrogen and oxygen atoms in total. The number of anilines is 2. The molecule has 3 aromatic carbocycles. The number of piperazine rings is 1. The summed E-state index contributed by atoms with van der Waals surface area (Å²) in [6.45, 7) is 4.31. The average Bonchev–Trinajstić information content (AvgIpc) is 3.61. The zero-order valence-electron chi connectivity index (χ0n) is 28.2. The lowest BCUT2D eigenvalue weighted by Crippen LogP contribution is -2.66. The molecule has 2 aliphatic rings. The Balaban J connectivity index is 1.30. The van der Waals surface area contributed by atoms with Crippen LogP contribution in [0.25, 0.3) is 10.2 Å². The van der Waals surface area contributed by atoms with E-state index in [9.17, 15) is 22.8 Å². The summed E-state index contributed by atoms with van der Waals surface area (Å²) in [7, 11) is -1.88. The van der Waals surface area contributed by atoms with Gasteiger partial charge in [-0.3, -0.25) is 19.3 Å². The van der Waals surface area contributed by atoms with E-state index < -0.39 is 22.2 Å². The molecule has 1 aromatic heterocycles. The fourth-order valence-electron chi connectivity index (χ4n) is 6.52. The second-order valence-electron chi connectivity index (χ2n) is 12.7. The van der Waals surface area contributed by atoms with Gasteiger partial charge in [0.05, 0.1) is 36.7 Å². The van der Waals surface area contributed by atoms with E-state index in [1.165, 1.54) is 11.3 Å². The summed E-state index contributed by atoms with van der Waals surface area (Å²) in [4.78, 5) is 49.8. The first-order chi connectivity index (χ1) is 23.8. The van der Waals surface area contributed by atoms with Crippen LogP contribution >= 0.6 is 11.3 Å². The number of benzene rings is 3. The molecule has 0 saturated carbocycles. The number of hydrogen-bond acceptors (Lipinski definition) is 10. The topological polar surface area (TPSA) is 171 Å². The Labute approximate surface area is 294 Å². The molecule has 0 aliphatic carbocycles. The standard InChI is InChI=1S/C34H40N8O6S2/c1-21(2)42(34(45)36-17-23-10-14-26(48-3)15-11-23)40-20-30(43)41-27(16-22-8-12-25(13-9-22)38-50(4,46)47)32(44)39(19-29(40)41)18-24-6-5-7-28-31(24)37-33(35)49-28/h5-15,21,27,29,38H,16-20H2,1-4H3,(H2,35,37)(H,36,45)/t27-,29+/m0/s1. The maximum Gasteiger partial charge on any atom is 0.332 e. The number of urea groups is 1. The van der Waals surface area contributed by atoms with Gasteiger partial charge in [-0.1, -0.05) is 47.7 Å². The number of nitrogens with two attached hydrogens (primary N) is 1. The fourth-order valence-corrected chi connectivity index (χ4v) is 7.86. The molecule has 6 rings (SSSR count). The summed E-state index contributed by atoms with van der Waals surface area (Å²) in [5.41, 5.74) is 9.57. The zero-order valence-corrected chi connectivity index (χ0v) is 29.8. The van der Waals surface area contributed by atoms with Gasteiger partial charge >= 0.3 is 6.03 Å². The van der Waals surface area contributed by atoms with Crippen LogP contribution < -0.4 is 20.5 Å². The summed E-state index contributed by atoms with van der Waals surface area (Å²) in [5.74, 6) is 0.197. The highest BCUT2D eigenvalue weighted by Gasteiger charge is 2.52. The van der Waals surface area contributed by atoms with Gasteiger partial charge in [-0.15, -0.1) is 0 Å². The number of amides is 4. The number of nitrogens with one attached hydrogen (secondary N) is 2. The number of para-hydroxylation sites is 1. The number of rotatable bonds is 11. The van der Waals surface area contributed by atoms with Crippen LogP contribution in [0.5, 0.6) is 5.75 Å². The lowest BCUT2D eigenvalue weighted by molar-refractivity contribution is -0.158. The molecule has 0 spiro atoms. The van der Waals surface area contributed by atoms with E-state index in [0.29, 0.717) is 16.6 Å². The van der Waals surface area contributed by atoms with Gasteiger partial charge in [-0.25, -0.2) is 18.2 Å². The molecule has 4 N–H and O–H groups in total. The highest BCUT2D eigenvalue weighted by molar-refractivity contribution is 7.92. The van der Waals surface area contributed by atoms with Crippen molar-refractivity contribution in [1.29, 1.82) is 0 Å². The minimum Gasteiger partial charge on any atom is -0.497 e. The van der Waals surface area contributed by atoms with E-state index >= 15 is 0 Å². The number of carbonyl (C=O) groups is 3. The van der Waals surface area contributed by atoms with Crippen molar-refractivity contribution in [2.45, 2.75) is 51.6 Å². The van der Waals surface area contributed by atoms with Crippen molar-refractivity contribution in [3.05, 3.63) is 83.4 Å². The van der Waals surface area contributed by atoms with Crippen LogP contribution in [0.15, 0.2) is 66.7 Å². The molecule has 3 heterocycles. The third kappa shape index (κ3) is 7.46. The minimum absolute atomic E-state index is 0.0914. The first-order valence-corrected chi connectivity index (χ1v) is 18.8. The number of thiazole rings is 1. The Morgan fingerprint density at radius 2 is 1.78 bits per heavy atom. The highest BCUT2D eigenvalue weighted by atomic mass is 32.2. The summed E-state index contributed by atoms with van der Waals surface area (Å²) in [6.07, 6.45) is 0.621. The summed E-state index contributed by atoms with van der Waals surface area (Å²) in [6, 6.07) is 18.3. The summed E-state index contributed by atoms with van der Waals surface area (Å²) >= 11 is 1.37. The Morgan fingerprint density at radius 1 is 1.08 bits per heavy atom. The molecule has 2 saturated heterocycles. The molecule has 50 heavy (non-hydrogen) atoms. The number of nitrogen functional groups attached to an aromatic ring is 1. The molecule has 2 fully saturated rings. The average molecular weight is 721 g/mol. The largest absolute Gasteiger partial charge is 0.497 e. The van der Waals surface area contributed by atoms with Gasteiger partial charge in [-0.05, 0) is 60.9 Å². The van der Waals surface area contributed by atoms with Gasteiger partial charge in [0.25, 0.3) is 0 Å². The van der Waals surface area contributed by atoms with Crippen molar-refractivity contribution < 1.29 is 27.5 Å². The predicted molar refractivity (Wildman–Crippen MR) is 191 cm³/mol. The van der Waals surface area contributed by atoms with E-state index in [0.717, 1.165) is 33.2 Å². The van der Waals surface area contributed by atoms with Crippen LogP contribution in [0.2, 0.25) is 0 Å². The monoisotopic (exact) mass is 720 g/mol. The van der Waals surface area contributed by atoms with Crippen molar-refractivity contribution in [1.82, 2.24) is 30.1 Å². The van der Waals surface area contributed by atoms with Crippen LogP contribution in [-0.4, -0.2) is 95.8 Å². The quantitative estimate of drug-likeness (QED) is 0.211. The zero-order chi connectivity index (χ0) is 35.7. The first kappa shape index (κ1) is 34.9. The first-order valence-electron chi connectivity index (χ1n) is 16.1. The van der Waals surface area contributed by atoms with Crippen molar-refractivity contribution in [3.8, 4) is 5.75 Å². The van der Waals surface area contributed by atoms with Gasteiger partial charge in [0.1, 0.15) is 18.0 Å². The Morgan fingerprint density at radius 3 is 2.44 bits per heavy atom. The normalized spacial score (nSPS) is 18.1. The summed E-state index contributed by atoms with van der Waals surface area (Å²) in [5, 5.41) is 6.73. The van der Waals surface area contributed by atoms with E-state index in [1.807, 2.05) is 56.3 Å². The van der Waals surface area contributed by atoms with Crippen LogP contribution in [0.4, 0.5) is 15.6 Å². The van der Waals surface area contributed by atoms with Gasteiger partial charge in [0.2, 0.25) is 21.8 Å². The third-order valence-corrected chi connectivity index (χ3v) is 10.2. The maximum absolute atomic E-state index is 14.3. The number of nitrogens with zero attached hydrogens (tertiary/aromatic N) is 5. The molecule has 4 aromatic rings. The van der Waals surface area contributed by atoms with Gasteiger partial charge in [0.15, 0.2) is 5.13 Å². The molecule has 2 aliphatic heterocycles. The molecule has 4 amide bonds. The van der Waals surface area contributed by atoms with Gasteiger partial charge in [0, 0.05) is 31.2 Å². The van der Waals surface area contributed by atoms with Crippen LogP contribution in [0.3, 0.4) is 0 Å². The Bertz CT molecular complexity index is 2000. The molecule has 0 radical (unpaired) electrons. The summed E-state index contributed by atoms with van der Waals surface area (Å²) < 4.78 is 32.1. The smallest absolute Gasteiger partial charge is 0.332 e. The Hall–Kier alpha value is -4.93. The minimum atomic E-state index is -3.47. The van der Waals surface area contributed by atoms with Crippen LogP contribution in [0, 0.1) is 0 Å². The molecule has 16 heteroatoms. The molecule has 264 valence electrons. The Kier molecular flexibility index (Phi) is 9.87. The SMILES string of the molecule is COc1ccc(CNC(=O)N(C(C)C)N2CC(=O)N3[C@@H](Cc4ccc(NS(C)(=O)=O)cc4)C(=O)N(Cc4cccc5sc(N)nc45)C[C@@H]32)cc1. The van der Waals surface area contributed by atoms with E-state index in [-0.39, 0.29) is 56.5 Å². The lowest BCUT2D eigenvalue weighted by atomic mass is 9.99. The second kappa shape index (κ2) is 14.1. The molecular formula is C34H40N8O6S2. The predicted octanol–water partition coefficient (Wildman–Crippen LogP) is 3.22. The van der Waals surface area contributed by atoms with Crippen molar-refractivity contribution >= 4 is 60.2 Å². The molecule has 0 unspecified atom stereocenters. The van der Waals surface area contributed by atoms with E-state index in [2.05, 4.69) is 15.0 Å². The number of carbonyl (C=O) groups excluding carboxylic acids is 3. The maximum atomic E-state index is 14.3. The third-order valence-electron chi connectivity index (χ3n) is 8.71. The number of ether oxygens (including phenoxy) is 1. The van der Waals surface area contributed by atoms with E-state index in [1.54, 1.807) is 51.2 Å². The van der Waals surface area contributed by atoms with Crippen LogP contribution in [0.1, 0.15) is 30.5 Å². The number of hydrogen-bond donors (Lipinski definition) is 3. The van der Waals surface area contributed by atoms with E-state index in [4.69, 9.17) is 10.5 Å². The van der Waals surface area contributed by atoms with Crippen molar-refractivity contribution in [2.75, 3.05) is 36.9 Å². The molecule has 0 bridgehead atoms. The fraction of sp³-hybridized carbons (Fsp3) is 0.353. The van der Waals surface area contributed by atoms with Crippen molar-refractivity contribution in [2.24, 2.45) is 0 Å². The van der Waals surface area contributed by atoms with Crippen molar-refractivity contribution in [3.63, 3.8) is 0 Å². The number of aromatic nitrogens is 1. The highest BCUT2D eigenvalue weighted by Crippen LogP contribution is 2.33. The van der Waals surface area contributed by atoms with Gasteiger partial charge < -0.3 is 25.6 Å². The second-order valence-corrected chi connectivity index (χ2v) is 15.5. The molecule has 2 atom stereocenters. The van der Waals surface area contributed by atoms with Crippen LogP contribution in [-0.2, 0) is 39.1 Å². The number of hydrazine groups is 1. The molecular weight excluding hydrogens is 681 g/mol. The number of sulfonamides is 1. The number of methoxy groups -OCH3 is 1.